The highest BCUT2D eigenvalue weighted by Crippen LogP contribution is 2.35. The van der Waals surface area contributed by atoms with Gasteiger partial charge >= 0.3 is 19.5 Å². The van der Waals surface area contributed by atoms with Crippen molar-refractivity contribution in [3.8, 4) is 0 Å². The second kappa shape index (κ2) is 13.1. The lowest BCUT2D eigenvalue weighted by Gasteiger charge is -2.18. The lowest BCUT2D eigenvalue weighted by molar-refractivity contribution is -0.152. The highest BCUT2D eigenvalue weighted by Gasteiger charge is 2.18. The van der Waals surface area contributed by atoms with Crippen LogP contribution in [0.2, 0.25) is 0 Å². The highest BCUT2D eigenvalue weighted by molar-refractivity contribution is 7.99. The normalized spacial score (nSPS) is 12.3. The fraction of sp³-hybridized carbons (Fsp3) is 0.647. The molecule has 0 aliphatic carbocycles. The van der Waals surface area contributed by atoms with Crippen LogP contribution in [0.25, 0.3) is 0 Å². The minimum atomic E-state index is -3.89. The molecule has 1 unspecified atom stereocenters. The predicted octanol–water partition coefficient (Wildman–Crippen LogP) is 3.06. The van der Waals surface area contributed by atoms with Gasteiger partial charge in [-0.1, -0.05) is 26.0 Å². The molecule has 26 heavy (non-hydrogen) atoms. The van der Waals surface area contributed by atoms with Crippen molar-refractivity contribution in [3.05, 3.63) is 24.3 Å². The topological polar surface area (TPSA) is 110 Å². The summed E-state index contributed by atoms with van der Waals surface area (Å²) >= 11 is 1.56. The summed E-state index contributed by atoms with van der Waals surface area (Å²) in [7, 11) is -3.89. The molecule has 150 valence electrons. The third kappa shape index (κ3) is 14.1. The molecule has 0 aliphatic heterocycles. The molecule has 2 N–H and O–H groups in total. The molecular weight excluding hydrogens is 379 g/mol. The molecule has 0 aromatic heterocycles. The summed E-state index contributed by atoms with van der Waals surface area (Å²) in [6.45, 7) is 10.1. The Kier molecular flexibility index (Phi) is 12.6. The maximum atomic E-state index is 11.7. The first-order chi connectivity index (χ1) is 12.0. The largest absolute Gasteiger partial charge is 0.458 e. The molecule has 0 amide bonds. The predicted molar refractivity (Wildman–Crippen MR) is 103 cm³/mol. The van der Waals surface area contributed by atoms with Gasteiger partial charge in [0.05, 0.1) is 0 Å². The summed E-state index contributed by atoms with van der Waals surface area (Å²) in [5.41, 5.74) is 0.550. The molecule has 0 bridgehead atoms. The van der Waals surface area contributed by atoms with Gasteiger partial charge in [0.2, 0.25) is 0 Å². The van der Waals surface area contributed by atoms with E-state index in [1.807, 2.05) is 0 Å². The Hall–Kier alpha value is -1.08. The van der Waals surface area contributed by atoms with Crippen molar-refractivity contribution in [1.82, 2.24) is 0 Å². The van der Waals surface area contributed by atoms with Gasteiger partial charge in [0.25, 0.3) is 0 Å². The van der Waals surface area contributed by atoms with E-state index in [2.05, 4.69) is 13.2 Å². The Balaban J connectivity index is 4.11. The van der Waals surface area contributed by atoms with Gasteiger partial charge in [-0.2, -0.15) is 11.8 Å². The van der Waals surface area contributed by atoms with Crippen molar-refractivity contribution in [2.75, 3.05) is 24.3 Å². The second-order valence-corrected chi connectivity index (χ2v) is 8.99. The van der Waals surface area contributed by atoms with Gasteiger partial charge in [-0.25, -0.2) is 9.59 Å². The average Bonchev–Trinajstić information content (AvgIpc) is 2.52. The van der Waals surface area contributed by atoms with E-state index in [4.69, 9.17) is 19.3 Å². The van der Waals surface area contributed by atoms with Crippen LogP contribution in [0.1, 0.15) is 39.5 Å². The number of esters is 2. The molecule has 0 saturated carbocycles. The number of carbonyl (C=O) groups excluding carboxylic acids is 2. The Morgan fingerprint density at radius 1 is 1.04 bits per heavy atom. The molecule has 7 nitrogen and oxygen atoms in total. The third-order valence-electron chi connectivity index (χ3n) is 3.16. The van der Waals surface area contributed by atoms with Gasteiger partial charge in [-0.05, 0) is 32.4 Å². The van der Waals surface area contributed by atoms with Crippen molar-refractivity contribution < 1.29 is 33.4 Å². The standard InChI is InChI=1S/C17H29O7PS/c1-13(2)16(18)23-11-15(24-17(19)14(3)4)12-26-10-8-6-5-7-9-25(20,21)22/h15H,1,3,5-12H2,2,4H3,(H2,20,21,22). The smallest absolute Gasteiger partial charge is 0.333 e. The van der Waals surface area contributed by atoms with Gasteiger partial charge in [0.1, 0.15) is 12.7 Å². The Morgan fingerprint density at radius 2 is 1.62 bits per heavy atom. The maximum Gasteiger partial charge on any atom is 0.333 e. The number of unbranched alkanes of at least 4 members (excludes halogenated alkanes) is 3. The molecule has 0 radical (unpaired) electrons. The zero-order valence-corrected chi connectivity index (χ0v) is 17.2. The molecular formula is C17H29O7PS. The van der Waals surface area contributed by atoms with Crippen LogP contribution in [0.3, 0.4) is 0 Å². The van der Waals surface area contributed by atoms with E-state index in [0.717, 1.165) is 25.0 Å². The Labute approximate surface area is 159 Å². The van der Waals surface area contributed by atoms with E-state index >= 15 is 0 Å². The van der Waals surface area contributed by atoms with Gasteiger partial charge < -0.3 is 19.3 Å². The quantitative estimate of drug-likeness (QED) is 0.195. The molecule has 1 atom stereocenters. The minimum absolute atomic E-state index is 0.0417. The van der Waals surface area contributed by atoms with E-state index in [1.165, 1.54) is 0 Å². The Morgan fingerprint density at radius 3 is 2.15 bits per heavy atom. The SMILES string of the molecule is C=C(C)C(=O)OCC(CSCCCCCCP(=O)(O)O)OC(=O)C(=C)C. The molecule has 0 aromatic carbocycles. The van der Waals surface area contributed by atoms with Gasteiger partial charge in [0, 0.05) is 23.1 Å². The van der Waals surface area contributed by atoms with Crippen LogP contribution in [-0.2, 0) is 23.6 Å². The third-order valence-corrected chi connectivity index (χ3v) is 5.25. The van der Waals surface area contributed by atoms with Crippen LogP contribution in [0.15, 0.2) is 24.3 Å². The first-order valence-electron chi connectivity index (χ1n) is 8.34. The zero-order valence-electron chi connectivity index (χ0n) is 15.4. The lowest BCUT2D eigenvalue weighted by Crippen LogP contribution is -2.28. The van der Waals surface area contributed by atoms with Gasteiger partial charge in [-0.15, -0.1) is 0 Å². The molecule has 0 saturated heterocycles. The first kappa shape index (κ1) is 24.9. The molecule has 0 rings (SSSR count). The molecule has 9 heteroatoms. The number of hydrogen-bond donors (Lipinski definition) is 2. The highest BCUT2D eigenvalue weighted by atomic mass is 32.2. The summed E-state index contributed by atoms with van der Waals surface area (Å²) in [4.78, 5) is 40.7. The number of carbonyl (C=O) groups is 2. The average molecular weight is 408 g/mol. The summed E-state index contributed by atoms with van der Waals surface area (Å²) < 4.78 is 21.1. The van der Waals surface area contributed by atoms with Gasteiger partial charge in [-0.3, -0.25) is 4.57 Å². The number of thioether (sulfide) groups is 1. The Bertz CT molecular complexity index is 541. The van der Waals surface area contributed by atoms with Crippen molar-refractivity contribution in [3.63, 3.8) is 0 Å². The number of rotatable bonds is 14. The minimum Gasteiger partial charge on any atom is -0.458 e. The van der Waals surface area contributed by atoms with Crippen molar-refractivity contribution in [2.45, 2.75) is 45.6 Å². The molecule has 0 aromatic rings. The fourth-order valence-electron chi connectivity index (χ4n) is 1.75. The number of hydrogen-bond acceptors (Lipinski definition) is 6. The summed E-state index contributed by atoms with van der Waals surface area (Å²) in [6.07, 6.45) is 2.38. The first-order valence-corrected chi connectivity index (χ1v) is 11.3. The van der Waals surface area contributed by atoms with E-state index in [9.17, 15) is 14.2 Å². The molecule has 0 spiro atoms. The summed E-state index contributed by atoms with van der Waals surface area (Å²) in [5, 5.41) is 0. The zero-order chi connectivity index (χ0) is 20.2. The number of ether oxygens (including phenoxy) is 2. The van der Waals surface area contributed by atoms with E-state index in [0.29, 0.717) is 12.2 Å². The van der Waals surface area contributed by atoms with Crippen LogP contribution in [0.5, 0.6) is 0 Å². The lowest BCUT2D eigenvalue weighted by atomic mass is 10.2. The van der Waals surface area contributed by atoms with E-state index in [-0.39, 0.29) is 23.9 Å². The monoisotopic (exact) mass is 408 g/mol. The van der Waals surface area contributed by atoms with Gasteiger partial charge in [0.15, 0.2) is 0 Å². The molecule has 0 fully saturated rings. The molecule has 0 aliphatic rings. The fourth-order valence-corrected chi connectivity index (χ4v) is 3.39. The van der Waals surface area contributed by atoms with Crippen LogP contribution in [-0.4, -0.2) is 52.1 Å². The van der Waals surface area contributed by atoms with Crippen molar-refractivity contribution >= 4 is 31.3 Å². The van der Waals surface area contributed by atoms with E-state index in [1.54, 1.807) is 25.6 Å². The van der Waals surface area contributed by atoms with Crippen LogP contribution < -0.4 is 0 Å². The second-order valence-electron chi connectivity index (χ2n) is 6.06. The van der Waals surface area contributed by atoms with Crippen molar-refractivity contribution in [2.24, 2.45) is 0 Å². The van der Waals surface area contributed by atoms with Crippen molar-refractivity contribution in [1.29, 1.82) is 0 Å². The molecule has 0 heterocycles. The van der Waals surface area contributed by atoms with Crippen LogP contribution >= 0.6 is 19.4 Å². The van der Waals surface area contributed by atoms with E-state index < -0.39 is 25.6 Å². The van der Waals surface area contributed by atoms with Crippen LogP contribution in [0.4, 0.5) is 0 Å². The summed E-state index contributed by atoms with van der Waals surface area (Å²) in [6, 6.07) is 0. The summed E-state index contributed by atoms with van der Waals surface area (Å²) in [5.74, 6) is 0.229. The maximum absolute atomic E-state index is 11.7. The van der Waals surface area contributed by atoms with Crippen LogP contribution in [0, 0.1) is 0 Å².